The monoisotopic (exact) mass is 227 g/mol. The lowest BCUT2D eigenvalue weighted by Crippen LogP contribution is -2.32. The highest BCUT2D eigenvalue weighted by Gasteiger charge is 2.25. The van der Waals surface area contributed by atoms with Crippen molar-refractivity contribution in [1.29, 1.82) is 0 Å². The molecule has 4 heteroatoms. The average Bonchev–Trinajstić information content (AvgIpc) is 2.99. The zero-order valence-corrected chi connectivity index (χ0v) is 10.5. The second-order valence-corrected chi connectivity index (χ2v) is 5.72. The number of nitrogens with one attached hydrogen (secondary N) is 1. The van der Waals surface area contributed by atoms with Gasteiger partial charge in [0.2, 0.25) is 0 Å². The molecule has 15 heavy (non-hydrogen) atoms. The Morgan fingerprint density at radius 3 is 2.93 bits per heavy atom. The predicted octanol–water partition coefficient (Wildman–Crippen LogP) is 1.55. The lowest BCUT2D eigenvalue weighted by Gasteiger charge is -2.16. The van der Waals surface area contributed by atoms with Gasteiger partial charge in [0.15, 0.2) is 5.17 Å². The molecule has 1 aliphatic heterocycles. The lowest BCUT2D eigenvalue weighted by atomic mass is 10.3. The number of likely N-dealkylation sites (N-methyl/N-ethyl adjacent to an activating group) is 1. The van der Waals surface area contributed by atoms with E-state index in [2.05, 4.69) is 29.2 Å². The Morgan fingerprint density at radius 1 is 1.53 bits per heavy atom. The molecule has 0 radical (unpaired) electrons. The first-order valence-electron chi connectivity index (χ1n) is 5.94. The number of hydrogen-bond donors (Lipinski definition) is 1. The van der Waals surface area contributed by atoms with Gasteiger partial charge in [-0.3, -0.25) is 4.99 Å². The maximum atomic E-state index is 4.50. The first kappa shape index (κ1) is 11.3. The molecule has 2 rings (SSSR count). The van der Waals surface area contributed by atoms with Gasteiger partial charge in [0, 0.05) is 24.4 Å². The van der Waals surface area contributed by atoms with Gasteiger partial charge in [-0.05, 0) is 26.3 Å². The standard InChI is InChI=1S/C11H21N3S/c1-3-10-8-13-11(15-10)12-6-7-14(2)9-4-5-9/h9-10H,3-8H2,1-2H3,(H,12,13). The van der Waals surface area contributed by atoms with E-state index < -0.39 is 0 Å². The minimum absolute atomic E-state index is 0.716. The van der Waals surface area contributed by atoms with Gasteiger partial charge in [0.25, 0.3) is 0 Å². The minimum atomic E-state index is 0.716. The topological polar surface area (TPSA) is 27.6 Å². The summed E-state index contributed by atoms with van der Waals surface area (Å²) >= 11 is 1.91. The molecule has 0 bridgehead atoms. The quantitative estimate of drug-likeness (QED) is 0.772. The highest BCUT2D eigenvalue weighted by atomic mass is 32.2. The molecule has 0 aromatic rings. The first-order valence-corrected chi connectivity index (χ1v) is 6.82. The van der Waals surface area contributed by atoms with Crippen molar-refractivity contribution < 1.29 is 0 Å². The van der Waals surface area contributed by atoms with Gasteiger partial charge in [-0.15, -0.1) is 0 Å². The zero-order chi connectivity index (χ0) is 10.7. The molecule has 3 nitrogen and oxygen atoms in total. The number of rotatable bonds is 5. The van der Waals surface area contributed by atoms with E-state index in [0.717, 1.165) is 30.8 Å². The molecule has 0 spiro atoms. The van der Waals surface area contributed by atoms with Gasteiger partial charge in [-0.25, -0.2) is 0 Å². The Kier molecular flexibility index (Phi) is 3.92. The molecule has 0 aromatic carbocycles. The van der Waals surface area contributed by atoms with Crippen molar-refractivity contribution in [2.24, 2.45) is 4.99 Å². The summed E-state index contributed by atoms with van der Waals surface area (Å²) in [6.45, 7) is 5.41. The Hall–Kier alpha value is -0.220. The maximum absolute atomic E-state index is 4.50. The third kappa shape index (κ3) is 3.38. The van der Waals surface area contributed by atoms with Crippen LogP contribution in [0.1, 0.15) is 26.2 Å². The van der Waals surface area contributed by atoms with E-state index in [1.54, 1.807) is 0 Å². The van der Waals surface area contributed by atoms with Crippen LogP contribution < -0.4 is 5.32 Å². The third-order valence-electron chi connectivity index (χ3n) is 3.08. The van der Waals surface area contributed by atoms with E-state index in [9.17, 15) is 0 Å². The smallest absolute Gasteiger partial charge is 0.156 e. The normalized spacial score (nSPS) is 25.8. The van der Waals surface area contributed by atoms with Crippen LogP contribution in [0.5, 0.6) is 0 Å². The molecule has 1 N–H and O–H groups in total. The van der Waals surface area contributed by atoms with Crippen LogP contribution in [0.2, 0.25) is 0 Å². The summed E-state index contributed by atoms with van der Waals surface area (Å²) in [5, 5.41) is 5.31. The van der Waals surface area contributed by atoms with E-state index in [1.807, 2.05) is 11.8 Å². The van der Waals surface area contributed by atoms with Crippen LogP contribution in [0.15, 0.2) is 4.99 Å². The van der Waals surface area contributed by atoms with Gasteiger partial charge in [0.1, 0.15) is 0 Å². The maximum Gasteiger partial charge on any atom is 0.156 e. The Bertz CT molecular complexity index is 238. The van der Waals surface area contributed by atoms with Crippen LogP contribution in [0.3, 0.4) is 0 Å². The van der Waals surface area contributed by atoms with E-state index in [4.69, 9.17) is 0 Å². The van der Waals surface area contributed by atoms with Crippen molar-refractivity contribution in [3.8, 4) is 0 Å². The van der Waals surface area contributed by atoms with Gasteiger partial charge >= 0.3 is 0 Å². The van der Waals surface area contributed by atoms with Crippen molar-refractivity contribution >= 4 is 16.9 Å². The van der Waals surface area contributed by atoms with Crippen molar-refractivity contribution in [2.75, 3.05) is 26.7 Å². The number of hydrogen-bond acceptors (Lipinski definition) is 4. The van der Waals surface area contributed by atoms with Crippen LogP contribution >= 0.6 is 11.8 Å². The van der Waals surface area contributed by atoms with Gasteiger partial charge in [-0.1, -0.05) is 18.7 Å². The van der Waals surface area contributed by atoms with Crippen LogP contribution in [0.4, 0.5) is 0 Å². The Morgan fingerprint density at radius 2 is 2.33 bits per heavy atom. The summed E-state index contributed by atoms with van der Waals surface area (Å²) < 4.78 is 0. The van der Waals surface area contributed by atoms with Crippen LogP contribution in [0, 0.1) is 0 Å². The lowest BCUT2D eigenvalue weighted by molar-refractivity contribution is 0.329. The number of amidine groups is 1. The highest BCUT2D eigenvalue weighted by molar-refractivity contribution is 8.14. The average molecular weight is 227 g/mol. The fraction of sp³-hybridized carbons (Fsp3) is 0.909. The molecule has 1 aliphatic carbocycles. The summed E-state index contributed by atoms with van der Waals surface area (Å²) in [5.74, 6) is 0. The Labute approximate surface area is 96.7 Å². The molecular weight excluding hydrogens is 206 g/mol. The van der Waals surface area contributed by atoms with Crippen molar-refractivity contribution in [3.05, 3.63) is 0 Å². The second kappa shape index (κ2) is 5.21. The molecule has 86 valence electrons. The van der Waals surface area contributed by atoms with Crippen LogP contribution in [-0.2, 0) is 0 Å². The van der Waals surface area contributed by atoms with Gasteiger partial charge < -0.3 is 10.2 Å². The third-order valence-corrected chi connectivity index (χ3v) is 4.40. The van der Waals surface area contributed by atoms with Crippen LogP contribution in [-0.4, -0.2) is 48.0 Å². The molecule has 0 amide bonds. The zero-order valence-electron chi connectivity index (χ0n) is 9.70. The van der Waals surface area contributed by atoms with E-state index in [1.165, 1.54) is 19.3 Å². The summed E-state index contributed by atoms with van der Waals surface area (Å²) in [6.07, 6.45) is 4.01. The number of aliphatic imine (C=N–C) groups is 1. The SMILES string of the molecule is CCC1CN=C(NCCN(C)C2CC2)S1. The molecule has 1 atom stereocenters. The molecule has 1 unspecified atom stereocenters. The molecule has 0 aromatic heterocycles. The summed E-state index contributed by atoms with van der Waals surface area (Å²) in [7, 11) is 2.22. The van der Waals surface area contributed by atoms with Gasteiger partial charge in [-0.2, -0.15) is 0 Å². The number of nitrogens with zero attached hydrogens (tertiary/aromatic N) is 2. The van der Waals surface area contributed by atoms with Crippen molar-refractivity contribution in [2.45, 2.75) is 37.5 Å². The van der Waals surface area contributed by atoms with E-state index in [-0.39, 0.29) is 0 Å². The molecule has 1 fully saturated rings. The molecule has 0 saturated heterocycles. The molecular formula is C11H21N3S. The van der Waals surface area contributed by atoms with Crippen molar-refractivity contribution in [1.82, 2.24) is 10.2 Å². The van der Waals surface area contributed by atoms with E-state index >= 15 is 0 Å². The summed E-state index contributed by atoms with van der Waals surface area (Å²) in [4.78, 5) is 6.94. The first-order chi connectivity index (χ1) is 7.29. The molecule has 1 saturated carbocycles. The fourth-order valence-corrected chi connectivity index (χ4v) is 2.73. The summed E-state index contributed by atoms with van der Waals surface area (Å²) in [5.41, 5.74) is 0. The number of thioether (sulfide) groups is 1. The minimum Gasteiger partial charge on any atom is -0.364 e. The van der Waals surface area contributed by atoms with Gasteiger partial charge in [0.05, 0.1) is 6.54 Å². The van der Waals surface area contributed by atoms with Crippen molar-refractivity contribution in [3.63, 3.8) is 0 Å². The Balaban J connectivity index is 1.58. The van der Waals surface area contributed by atoms with Crippen LogP contribution in [0.25, 0.3) is 0 Å². The highest BCUT2D eigenvalue weighted by Crippen LogP contribution is 2.25. The predicted molar refractivity (Wildman–Crippen MR) is 67.6 cm³/mol. The molecule has 1 heterocycles. The second-order valence-electron chi connectivity index (χ2n) is 4.43. The van der Waals surface area contributed by atoms with E-state index in [0.29, 0.717) is 5.25 Å². The largest absolute Gasteiger partial charge is 0.364 e. The summed E-state index contributed by atoms with van der Waals surface area (Å²) in [6, 6.07) is 0.869. The molecule has 2 aliphatic rings. The fourth-order valence-electron chi connectivity index (χ4n) is 1.76.